The number of rotatable bonds is 3. The summed E-state index contributed by atoms with van der Waals surface area (Å²) in [5.41, 5.74) is 5.33. The molecule has 3 nitrogen and oxygen atoms in total. The summed E-state index contributed by atoms with van der Waals surface area (Å²) < 4.78 is 2.21. The Labute approximate surface area is 164 Å². The van der Waals surface area contributed by atoms with Gasteiger partial charge in [0.15, 0.2) is 0 Å². The molecule has 0 atom stereocenters. The Balaban J connectivity index is 1.43. The molecular formula is C21H24N2OS2. The molecule has 1 fully saturated rings. The van der Waals surface area contributed by atoms with Crippen molar-refractivity contribution in [3.63, 3.8) is 0 Å². The molecule has 0 N–H and O–H groups in total. The lowest BCUT2D eigenvalue weighted by Crippen LogP contribution is -2.41. The van der Waals surface area contributed by atoms with Crippen molar-refractivity contribution in [2.24, 2.45) is 0 Å². The summed E-state index contributed by atoms with van der Waals surface area (Å²) in [7, 11) is 2.13. The summed E-state index contributed by atoms with van der Waals surface area (Å²) in [6.45, 7) is 4.00. The molecule has 1 saturated heterocycles. The van der Waals surface area contributed by atoms with E-state index in [2.05, 4.69) is 58.7 Å². The molecule has 0 saturated carbocycles. The highest BCUT2D eigenvalue weighted by atomic mass is 32.2. The number of nitrogens with zero attached hydrogens (tertiary/aromatic N) is 2. The normalized spacial score (nSPS) is 18.0. The fraction of sp³-hybridized carbons (Fsp3) is 0.381. The van der Waals surface area contributed by atoms with Crippen LogP contribution in [0.3, 0.4) is 0 Å². The molecule has 0 spiro atoms. The second-order valence-corrected chi connectivity index (χ2v) is 9.22. The maximum absolute atomic E-state index is 12.5. The van der Waals surface area contributed by atoms with Crippen molar-refractivity contribution >= 4 is 28.8 Å². The minimum absolute atomic E-state index is 0.246. The third-order valence-corrected chi connectivity index (χ3v) is 7.18. The van der Waals surface area contributed by atoms with Crippen molar-refractivity contribution in [3.8, 4) is 0 Å². The highest BCUT2D eigenvalue weighted by Crippen LogP contribution is 2.34. The van der Waals surface area contributed by atoms with Gasteiger partial charge in [-0.05, 0) is 53.7 Å². The van der Waals surface area contributed by atoms with Gasteiger partial charge in [-0.2, -0.15) is 0 Å². The van der Waals surface area contributed by atoms with Crippen LogP contribution in [0.4, 0.5) is 0 Å². The van der Waals surface area contributed by atoms with Crippen LogP contribution in [0.1, 0.15) is 22.3 Å². The molecule has 2 aliphatic rings. The Hall–Kier alpha value is -1.27. The van der Waals surface area contributed by atoms with Crippen LogP contribution >= 0.6 is 23.7 Å². The number of hydrogen-bond donors (Lipinski definition) is 0. The van der Waals surface area contributed by atoms with Crippen molar-refractivity contribution in [1.82, 2.24) is 9.21 Å². The summed E-state index contributed by atoms with van der Waals surface area (Å²) >= 11 is 3.32. The predicted molar refractivity (Wildman–Crippen MR) is 111 cm³/mol. The van der Waals surface area contributed by atoms with E-state index in [1.807, 2.05) is 11.8 Å². The molecule has 136 valence electrons. The van der Waals surface area contributed by atoms with Gasteiger partial charge in [-0.15, -0.1) is 11.8 Å². The highest BCUT2D eigenvalue weighted by molar-refractivity contribution is 8.11. The van der Waals surface area contributed by atoms with Gasteiger partial charge in [0.2, 0.25) is 5.12 Å². The van der Waals surface area contributed by atoms with Crippen LogP contribution in [0.15, 0.2) is 47.4 Å². The Morgan fingerprint density at radius 1 is 1.04 bits per heavy atom. The Bertz CT molecular complexity index is 800. The fourth-order valence-electron chi connectivity index (χ4n) is 3.48. The van der Waals surface area contributed by atoms with Crippen molar-refractivity contribution in [2.75, 3.05) is 33.2 Å². The van der Waals surface area contributed by atoms with Gasteiger partial charge in [0, 0.05) is 43.2 Å². The largest absolute Gasteiger partial charge is 0.304 e. The number of thioether (sulfide) groups is 1. The quantitative estimate of drug-likeness (QED) is 0.748. The van der Waals surface area contributed by atoms with E-state index in [0.717, 1.165) is 43.9 Å². The molecule has 0 unspecified atom stereocenters. The van der Waals surface area contributed by atoms with E-state index in [1.165, 1.54) is 33.5 Å². The zero-order chi connectivity index (χ0) is 17.9. The van der Waals surface area contributed by atoms with E-state index in [4.69, 9.17) is 0 Å². The van der Waals surface area contributed by atoms with Gasteiger partial charge < -0.3 is 4.90 Å². The lowest BCUT2D eigenvalue weighted by molar-refractivity contribution is -0.110. The van der Waals surface area contributed by atoms with Gasteiger partial charge in [0.1, 0.15) is 0 Å². The highest BCUT2D eigenvalue weighted by Gasteiger charge is 2.19. The number of benzene rings is 2. The molecule has 5 heteroatoms. The molecule has 2 heterocycles. The van der Waals surface area contributed by atoms with Crippen molar-refractivity contribution in [1.29, 1.82) is 0 Å². The van der Waals surface area contributed by atoms with E-state index >= 15 is 0 Å². The van der Waals surface area contributed by atoms with E-state index in [1.54, 1.807) is 0 Å². The van der Waals surface area contributed by atoms with Gasteiger partial charge in [0.25, 0.3) is 0 Å². The average Bonchev–Trinajstić information content (AvgIpc) is 2.82. The first-order chi connectivity index (χ1) is 12.7. The van der Waals surface area contributed by atoms with Gasteiger partial charge in [0.05, 0.1) is 0 Å². The SMILES string of the molecule is CN1CCN(SC(=O)Cc2ccc3c(c2)Cc2ccccc2CS3)CC1. The second-order valence-electron chi connectivity index (χ2n) is 7.05. The van der Waals surface area contributed by atoms with Crippen LogP contribution < -0.4 is 0 Å². The maximum Gasteiger partial charge on any atom is 0.208 e. The first-order valence-electron chi connectivity index (χ1n) is 9.13. The molecule has 2 aliphatic heterocycles. The van der Waals surface area contributed by atoms with Crippen LogP contribution in [0.25, 0.3) is 0 Å². The summed E-state index contributed by atoms with van der Waals surface area (Å²) in [6, 6.07) is 15.3. The Morgan fingerprint density at radius 3 is 2.62 bits per heavy atom. The molecule has 0 radical (unpaired) electrons. The predicted octanol–water partition coefficient (Wildman–Crippen LogP) is 3.85. The number of carbonyl (C=O) groups is 1. The molecule has 0 amide bonds. The van der Waals surface area contributed by atoms with Crippen molar-refractivity contribution in [3.05, 3.63) is 64.7 Å². The number of likely N-dealkylation sites (N-methyl/N-ethyl adjacent to an activating group) is 1. The first-order valence-corrected chi connectivity index (χ1v) is 10.9. The van der Waals surface area contributed by atoms with Gasteiger partial charge in [-0.3, -0.25) is 4.79 Å². The summed E-state index contributed by atoms with van der Waals surface area (Å²) in [6.07, 6.45) is 1.47. The number of fused-ring (bicyclic) bond motifs is 2. The van der Waals surface area contributed by atoms with Crippen LogP contribution in [-0.2, 0) is 23.4 Å². The third kappa shape index (κ3) is 4.34. The smallest absolute Gasteiger partial charge is 0.208 e. The number of carbonyl (C=O) groups excluding carboxylic acids is 1. The van der Waals surface area contributed by atoms with Gasteiger partial charge in [-0.25, -0.2) is 4.31 Å². The van der Waals surface area contributed by atoms with Crippen LogP contribution in [-0.4, -0.2) is 47.5 Å². The molecule has 26 heavy (non-hydrogen) atoms. The third-order valence-electron chi connectivity index (χ3n) is 5.05. The zero-order valence-electron chi connectivity index (χ0n) is 15.1. The molecule has 0 bridgehead atoms. The minimum atomic E-state index is 0.246. The molecule has 2 aromatic carbocycles. The van der Waals surface area contributed by atoms with Gasteiger partial charge >= 0.3 is 0 Å². The second kappa shape index (κ2) is 8.17. The Kier molecular flexibility index (Phi) is 5.69. The van der Waals surface area contributed by atoms with Crippen LogP contribution in [0.2, 0.25) is 0 Å². The standard InChI is InChI=1S/C21H24N2OS2/c1-22-8-10-23(11-9-22)26-21(24)13-16-6-7-20-19(12-16)14-17-4-2-3-5-18(17)15-25-20/h2-7,12H,8-11,13-15H2,1H3. The summed E-state index contributed by atoms with van der Waals surface area (Å²) in [5.74, 6) is 1.03. The number of piperazine rings is 1. The van der Waals surface area contributed by atoms with Crippen LogP contribution in [0, 0.1) is 0 Å². The van der Waals surface area contributed by atoms with E-state index < -0.39 is 0 Å². The zero-order valence-corrected chi connectivity index (χ0v) is 16.7. The average molecular weight is 385 g/mol. The van der Waals surface area contributed by atoms with Crippen molar-refractivity contribution in [2.45, 2.75) is 23.5 Å². The molecule has 2 aromatic rings. The Morgan fingerprint density at radius 2 is 1.81 bits per heavy atom. The number of hydrogen-bond acceptors (Lipinski definition) is 5. The molecule has 0 aliphatic carbocycles. The monoisotopic (exact) mass is 384 g/mol. The lowest BCUT2D eigenvalue weighted by Gasteiger charge is -2.30. The minimum Gasteiger partial charge on any atom is -0.304 e. The lowest BCUT2D eigenvalue weighted by atomic mass is 9.99. The van der Waals surface area contributed by atoms with Gasteiger partial charge in [-0.1, -0.05) is 36.4 Å². The summed E-state index contributed by atoms with van der Waals surface area (Å²) in [5, 5.41) is 0.246. The maximum atomic E-state index is 12.5. The molecule has 0 aromatic heterocycles. The first kappa shape index (κ1) is 18.1. The van der Waals surface area contributed by atoms with E-state index in [-0.39, 0.29) is 5.12 Å². The molecular weight excluding hydrogens is 360 g/mol. The summed E-state index contributed by atoms with van der Waals surface area (Å²) in [4.78, 5) is 16.2. The van der Waals surface area contributed by atoms with E-state index in [0.29, 0.717) is 6.42 Å². The van der Waals surface area contributed by atoms with E-state index in [9.17, 15) is 4.79 Å². The molecule has 4 rings (SSSR count). The topological polar surface area (TPSA) is 23.6 Å². The van der Waals surface area contributed by atoms with Crippen molar-refractivity contribution < 1.29 is 4.79 Å². The fourth-order valence-corrected chi connectivity index (χ4v) is 5.41. The van der Waals surface area contributed by atoms with Crippen LogP contribution in [0.5, 0.6) is 0 Å².